The van der Waals surface area contributed by atoms with Crippen LogP contribution < -0.4 is 10.6 Å². The van der Waals surface area contributed by atoms with Gasteiger partial charge in [-0.1, -0.05) is 33.1 Å². The molecule has 2 rings (SSSR count). The first-order valence-electron chi connectivity index (χ1n) is 9.44. The Balaban J connectivity index is 1.88. The summed E-state index contributed by atoms with van der Waals surface area (Å²) in [6.45, 7) is 5.80. The number of carbonyl (C=O) groups excluding carboxylic acids is 3. The zero-order chi connectivity index (χ0) is 17.6. The number of unbranched alkanes of at least 4 members (excludes halogenated alkanes) is 3. The highest BCUT2D eigenvalue weighted by Crippen LogP contribution is 2.43. The van der Waals surface area contributed by atoms with Gasteiger partial charge in [0, 0.05) is 19.5 Å². The molecular formula is C18H31N3O3. The van der Waals surface area contributed by atoms with E-state index in [4.69, 9.17) is 0 Å². The van der Waals surface area contributed by atoms with Crippen LogP contribution in [0.25, 0.3) is 0 Å². The van der Waals surface area contributed by atoms with Gasteiger partial charge in [0.1, 0.15) is 5.54 Å². The second-order valence-electron chi connectivity index (χ2n) is 7.10. The molecule has 136 valence electrons. The van der Waals surface area contributed by atoms with Gasteiger partial charge in [-0.25, -0.2) is 4.79 Å². The first-order chi connectivity index (χ1) is 11.5. The van der Waals surface area contributed by atoms with Gasteiger partial charge < -0.3 is 10.2 Å². The van der Waals surface area contributed by atoms with Crippen molar-refractivity contribution in [2.75, 3.05) is 13.1 Å². The fraction of sp³-hybridized carbons (Fsp3) is 0.833. The normalized spacial score (nSPS) is 23.1. The lowest BCUT2D eigenvalue weighted by atomic mass is 9.87. The van der Waals surface area contributed by atoms with E-state index in [1.807, 2.05) is 4.90 Å². The van der Waals surface area contributed by atoms with Gasteiger partial charge >= 0.3 is 6.03 Å². The predicted molar refractivity (Wildman–Crippen MR) is 92.4 cm³/mol. The lowest BCUT2D eigenvalue weighted by Crippen LogP contribution is -2.50. The molecule has 2 N–H and O–H groups in total. The van der Waals surface area contributed by atoms with Gasteiger partial charge in [0.05, 0.1) is 0 Å². The molecule has 0 aromatic carbocycles. The third-order valence-corrected chi connectivity index (χ3v) is 5.10. The van der Waals surface area contributed by atoms with Crippen molar-refractivity contribution in [1.82, 2.24) is 15.5 Å². The predicted octanol–water partition coefficient (Wildman–Crippen LogP) is 2.57. The fourth-order valence-corrected chi connectivity index (χ4v) is 3.57. The topological polar surface area (TPSA) is 78.5 Å². The van der Waals surface area contributed by atoms with Gasteiger partial charge in [0.2, 0.25) is 5.91 Å². The first-order valence-corrected chi connectivity index (χ1v) is 9.44. The van der Waals surface area contributed by atoms with Crippen molar-refractivity contribution >= 4 is 17.8 Å². The molecule has 2 fully saturated rings. The Bertz CT molecular complexity index is 476. The van der Waals surface area contributed by atoms with Crippen molar-refractivity contribution in [2.45, 2.75) is 77.2 Å². The molecule has 1 saturated carbocycles. The highest BCUT2D eigenvalue weighted by atomic mass is 16.2. The van der Waals surface area contributed by atoms with Crippen LogP contribution >= 0.6 is 0 Å². The van der Waals surface area contributed by atoms with Crippen molar-refractivity contribution < 1.29 is 14.4 Å². The first kappa shape index (κ1) is 18.7. The molecule has 2 aliphatic rings. The second kappa shape index (κ2) is 8.49. The minimum Gasteiger partial charge on any atom is -0.343 e. The zero-order valence-electron chi connectivity index (χ0n) is 15.0. The number of rotatable bonds is 11. The molecular weight excluding hydrogens is 306 g/mol. The lowest BCUT2D eigenvalue weighted by Gasteiger charge is -2.28. The molecule has 0 bridgehead atoms. The Morgan fingerprint density at radius 3 is 2.42 bits per heavy atom. The molecule has 6 nitrogen and oxygen atoms in total. The number of imide groups is 1. The van der Waals surface area contributed by atoms with Crippen molar-refractivity contribution in [3.63, 3.8) is 0 Å². The van der Waals surface area contributed by atoms with Gasteiger partial charge in [-0.15, -0.1) is 0 Å². The Kier molecular flexibility index (Phi) is 6.63. The molecule has 0 radical (unpaired) electrons. The number of urea groups is 1. The van der Waals surface area contributed by atoms with Crippen LogP contribution in [0.2, 0.25) is 0 Å². The van der Waals surface area contributed by atoms with Gasteiger partial charge in [-0.2, -0.15) is 0 Å². The monoisotopic (exact) mass is 337 g/mol. The van der Waals surface area contributed by atoms with Crippen molar-refractivity contribution in [3.05, 3.63) is 0 Å². The van der Waals surface area contributed by atoms with Crippen LogP contribution in [0.15, 0.2) is 0 Å². The SMILES string of the molecule is CCCCCCN(CCC)C(=O)CCC1(C2CC2)NC(=O)NC1=O. The van der Waals surface area contributed by atoms with Crippen LogP contribution in [0.3, 0.4) is 0 Å². The maximum Gasteiger partial charge on any atom is 0.322 e. The molecule has 24 heavy (non-hydrogen) atoms. The standard InChI is InChI=1S/C18H31N3O3/c1-3-5-6-7-13-21(12-4-2)15(22)10-11-18(14-8-9-14)16(23)19-17(24)20-18/h14H,3-13H2,1-2H3,(H2,19,20,23,24). The molecule has 1 saturated heterocycles. The van der Waals surface area contributed by atoms with Crippen LogP contribution in [-0.4, -0.2) is 41.4 Å². The summed E-state index contributed by atoms with van der Waals surface area (Å²) in [5.41, 5.74) is -0.854. The molecule has 0 spiro atoms. The van der Waals surface area contributed by atoms with E-state index < -0.39 is 11.6 Å². The van der Waals surface area contributed by atoms with E-state index in [-0.39, 0.29) is 17.7 Å². The van der Waals surface area contributed by atoms with E-state index in [2.05, 4.69) is 24.5 Å². The third-order valence-electron chi connectivity index (χ3n) is 5.10. The van der Waals surface area contributed by atoms with Crippen molar-refractivity contribution in [3.8, 4) is 0 Å². The number of hydrogen-bond donors (Lipinski definition) is 2. The van der Waals surface area contributed by atoms with Gasteiger partial charge in [-0.3, -0.25) is 14.9 Å². The molecule has 6 heteroatoms. The molecule has 1 heterocycles. The number of carbonyl (C=O) groups is 3. The van der Waals surface area contributed by atoms with Crippen molar-refractivity contribution in [1.29, 1.82) is 0 Å². The highest BCUT2D eigenvalue weighted by molar-refractivity contribution is 6.07. The molecule has 1 aliphatic heterocycles. The minimum atomic E-state index is -0.854. The van der Waals surface area contributed by atoms with E-state index in [9.17, 15) is 14.4 Å². The summed E-state index contributed by atoms with van der Waals surface area (Å²) in [4.78, 5) is 38.3. The van der Waals surface area contributed by atoms with Gasteiger partial charge in [0.25, 0.3) is 5.91 Å². The molecule has 1 atom stereocenters. The second-order valence-corrected chi connectivity index (χ2v) is 7.10. The van der Waals surface area contributed by atoms with Crippen LogP contribution in [0.5, 0.6) is 0 Å². The van der Waals surface area contributed by atoms with Gasteiger partial charge in [0.15, 0.2) is 0 Å². The number of nitrogens with zero attached hydrogens (tertiary/aromatic N) is 1. The maximum atomic E-state index is 12.6. The average Bonchev–Trinajstić information content (AvgIpc) is 3.35. The number of hydrogen-bond acceptors (Lipinski definition) is 3. The van der Waals surface area contributed by atoms with E-state index in [0.717, 1.165) is 45.2 Å². The summed E-state index contributed by atoms with van der Waals surface area (Å²) in [6.07, 6.45) is 8.10. The number of amides is 4. The van der Waals surface area contributed by atoms with E-state index in [1.165, 1.54) is 12.8 Å². The smallest absolute Gasteiger partial charge is 0.322 e. The quantitative estimate of drug-likeness (QED) is 0.449. The van der Waals surface area contributed by atoms with Gasteiger partial charge in [-0.05, 0) is 38.0 Å². The minimum absolute atomic E-state index is 0.0994. The summed E-state index contributed by atoms with van der Waals surface area (Å²) in [5, 5.41) is 5.14. The number of nitrogens with one attached hydrogen (secondary N) is 2. The summed E-state index contributed by atoms with van der Waals surface area (Å²) in [7, 11) is 0. The summed E-state index contributed by atoms with van der Waals surface area (Å²) >= 11 is 0. The van der Waals surface area contributed by atoms with E-state index >= 15 is 0 Å². The Morgan fingerprint density at radius 1 is 1.12 bits per heavy atom. The van der Waals surface area contributed by atoms with E-state index in [0.29, 0.717) is 12.8 Å². The summed E-state index contributed by atoms with van der Waals surface area (Å²) in [6, 6.07) is -0.427. The van der Waals surface area contributed by atoms with Crippen LogP contribution in [-0.2, 0) is 9.59 Å². The van der Waals surface area contributed by atoms with Crippen LogP contribution in [0.4, 0.5) is 4.79 Å². The molecule has 0 aromatic heterocycles. The largest absolute Gasteiger partial charge is 0.343 e. The Labute approximate surface area is 144 Å². The average molecular weight is 337 g/mol. The van der Waals surface area contributed by atoms with E-state index in [1.54, 1.807) is 0 Å². The third kappa shape index (κ3) is 4.48. The lowest BCUT2D eigenvalue weighted by molar-refractivity contribution is -0.132. The summed E-state index contributed by atoms with van der Waals surface area (Å²) in [5.74, 6) is 0.0241. The maximum absolute atomic E-state index is 12.6. The Hall–Kier alpha value is -1.59. The fourth-order valence-electron chi connectivity index (χ4n) is 3.57. The molecule has 1 aliphatic carbocycles. The van der Waals surface area contributed by atoms with Crippen molar-refractivity contribution in [2.24, 2.45) is 5.92 Å². The summed E-state index contributed by atoms with van der Waals surface area (Å²) < 4.78 is 0. The Morgan fingerprint density at radius 2 is 1.88 bits per heavy atom. The van der Waals surface area contributed by atoms with Crippen LogP contribution in [0, 0.1) is 5.92 Å². The molecule has 0 aromatic rings. The molecule has 4 amide bonds. The zero-order valence-corrected chi connectivity index (χ0v) is 15.0. The highest BCUT2D eigenvalue weighted by Gasteiger charge is 2.55. The van der Waals surface area contributed by atoms with Crippen LogP contribution in [0.1, 0.15) is 71.6 Å². The molecule has 1 unspecified atom stereocenters.